The fraction of sp³-hybridized carbons (Fsp3) is 0.211. The minimum absolute atomic E-state index is 0.170. The lowest BCUT2D eigenvalue weighted by molar-refractivity contribution is 0.103. The number of benzene rings is 2. The molecular weight excluding hydrogens is 308 g/mol. The summed E-state index contributed by atoms with van der Waals surface area (Å²) in [5.41, 5.74) is 2.70. The molecule has 3 rings (SSSR count). The highest BCUT2D eigenvalue weighted by atomic mass is 16.5. The van der Waals surface area contributed by atoms with E-state index >= 15 is 0 Å². The van der Waals surface area contributed by atoms with Gasteiger partial charge in [-0.25, -0.2) is 0 Å². The molecular formula is C19H18O5. The fourth-order valence-electron chi connectivity index (χ4n) is 2.68. The van der Waals surface area contributed by atoms with E-state index in [9.17, 15) is 4.79 Å². The minimum atomic E-state index is -0.170. The number of rotatable bonds is 5. The lowest BCUT2D eigenvalue weighted by Gasteiger charge is -2.13. The smallest absolute Gasteiger partial charge is 0.203 e. The van der Waals surface area contributed by atoms with Crippen molar-refractivity contribution in [2.24, 2.45) is 0 Å². The summed E-state index contributed by atoms with van der Waals surface area (Å²) in [7, 11) is 4.55. The Morgan fingerprint density at radius 3 is 2.21 bits per heavy atom. The zero-order valence-corrected chi connectivity index (χ0v) is 14.0. The Kier molecular flexibility index (Phi) is 4.16. The summed E-state index contributed by atoms with van der Waals surface area (Å²) in [5, 5.41) is 0.777. The summed E-state index contributed by atoms with van der Waals surface area (Å²) >= 11 is 0. The number of carbonyl (C=O) groups is 1. The Morgan fingerprint density at radius 2 is 1.62 bits per heavy atom. The second kappa shape index (κ2) is 6.28. The molecule has 0 amide bonds. The van der Waals surface area contributed by atoms with Gasteiger partial charge in [0.1, 0.15) is 11.8 Å². The summed E-state index contributed by atoms with van der Waals surface area (Å²) in [5.74, 6) is 1.15. The van der Waals surface area contributed by atoms with Crippen LogP contribution in [0, 0.1) is 6.92 Å². The van der Waals surface area contributed by atoms with Crippen LogP contribution in [0.4, 0.5) is 0 Å². The van der Waals surface area contributed by atoms with Crippen molar-refractivity contribution in [2.75, 3.05) is 21.3 Å². The van der Waals surface area contributed by atoms with Crippen molar-refractivity contribution in [3.63, 3.8) is 0 Å². The number of aryl methyl sites for hydroxylation is 1. The SMILES string of the molecule is COc1cc(C(=O)c2coc3cc(C)ccc23)cc(OC)c1OC. The summed E-state index contributed by atoms with van der Waals surface area (Å²) in [6, 6.07) is 9.01. The van der Waals surface area contributed by atoms with Crippen LogP contribution in [0.25, 0.3) is 11.0 Å². The fourth-order valence-corrected chi connectivity index (χ4v) is 2.68. The lowest BCUT2D eigenvalue weighted by Crippen LogP contribution is -2.03. The lowest BCUT2D eigenvalue weighted by atomic mass is 10.0. The van der Waals surface area contributed by atoms with Crippen molar-refractivity contribution in [1.29, 1.82) is 0 Å². The molecule has 0 aliphatic carbocycles. The first-order valence-electron chi connectivity index (χ1n) is 7.41. The van der Waals surface area contributed by atoms with E-state index in [-0.39, 0.29) is 5.78 Å². The minimum Gasteiger partial charge on any atom is -0.493 e. The largest absolute Gasteiger partial charge is 0.493 e. The number of hydrogen-bond donors (Lipinski definition) is 0. The predicted octanol–water partition coefficient (Wildman–Crippen LogP) is 4.00. The number of methoxy groups -OCH3 is 3. The van der Waals surface area contributed by atoms with Crippen LogP contribution < -0.4 is 14.2 Å². The highest BCUT2D eigenvalue weighted by Crippen LogP contribution is 2.39. The molecule has 5 nitrogen and oxygen atoms in total. The van der Waals surface area contributed by atoms with E-state index < -0.39 is 0 Å². The first kappa shape index (κ1) is 15.9. The Morgan fingerprint density at radius 1 is 0.958 bits per heavy atom. The molecule has 0 radical (unpaired) electrons. The van der Waals surface area contributed by atoms with E-state index in [2.05, 4.69) is 0 Å². The quantitative estimate of drug-likeness (QED) is 0.663. The van der Waals surface area contributed by atoms with Gasteiger partial charge < -0.3 is 18.6 Å². The normalized spacial score (nSPS) is 10.7. The zero-order chi connectivity index (χ0) is 17.3. The van der Waals surface area contributed by atoms with Gasteiger partial charge in [-0.2, -0.15) is 0 Å². The van der Waals surface area contributed by atoms with Crippen LogP contribution in [-0.2, 0) is 0 Å². The van der Waals surface area contributed by atoms with E-state index in [1.165, 1.54) is 27.6 Å². The van der Waals surface area contributed by atoms with Crippen LogP contribution in [0.5, 0.6) is 17.2 Å². The van der Waals surface area contributed by atoms with Crippen LogP contribution >= 0.6 is 0 Å². The average molecular weight is 326 g/mol. The Hall–Kier alpha value is -2.95. The summed E-state index contributed by atoms with van der Waals surface area (Å²) in [6.45, 7) is 1.97. The Balaban J connectivity index is 2.12. The van der Waals surface area contributed by atoms with Gasteiger partial charge in [0.05, 0.1) is 26.9 Å². The second-order valence-electron chi connectivity index (χ2n) is 5.39. The standard InChI is InChI=1S/C19H18O5/c1-11-5-6-13-14(10-24-15(13)7-11)18(20)12-8-16(21-2)19(23-4)17(9-12)22-3/h5-10H,1-4H3. The van der Waals surface area contributed by atoms with E-state index in [1.54, 1.807) is 12.1 Å². The zero-order valence-electron chi connectivity index (χ0n) is 14.0. The summed E-state index contributed by atoms with van der Waals surface area (Å²) in [6.07, 6.45) is 1.48. The molecule has 0 bridgehead atoms. The monoisotopic (exact) mass is 326 g/mol. The van der Waals surface area contributed by atoms with E-state index in [4.69, 9.17) is 18.6 Å². The summed E-state index contributed by atoms with van der Waals surface area (Å²) in [4.78, 5) is 12.9. The molecule has 0 fully saturated rings. The number of hydrogen-bond acceptors (Lipinski definition) is 5. The van der Waals surface area contributed by atoms with Crippen molar-refractivity contribution in [1.82, 2.24) is 0 Å². The molecule has 0 atom stereocenters. The third-order valence-corrected chi connectivity index (χ3v) is 3.90. The molecule has 24 heavy (non-hydrogen) atoms. The van der Waals surface area contributed by atoms with Crippen LogP contribution in [0.15, 0.2) is 41.0 Å². The first-order valence-corrected chi connectivity index (χ1v) is 7.41. The maximum Gasteiger partial charge on any atom is 0.203 e. The molecule has 124 valence electrons. The number of furan rings is 1. The van der Waals surface area contributed by atoms with Gasteiger partial charge in [0.2, 0.25) is 5.75 Å². The molecule has 2 aromatic carbocycles. The third kappa shape index (κ3) is 2.58. The van der Waals surface area contributed by atoms with Gasteiger partial charge >= 0.3 is 0 Å². The maximum atomic E-state index is 12.9. The van der Waals surface area contributed by atoms with Crippen molar-refractivity contribution < 1.29 is 23.4 Å². The molecule has 0 aliphatic rings. The van der Waals surface area contributed by atoms with Crippen LogP contribution in [-0.4, -0.2) is 27.1 Å². The third-order valence-electron chi connectivity index (χ3n) is 3.90. The Labute approximate surface area is 139 Å². The van der Waals surface area contributed by atoms with E-state index in [0.29, 0.717) is 34.0 Å². The highest BCUT2D eigenvalue weighted by molar-refractivity contribution is 6.16. The molecule has 0 aliphatic heterocycles. The predicted molar refractivity (Wildman–Crippen MR) is 90.5 cm³/mol. The van der Waals surface area contributed by atoms with Gasteiger partial charge in [-0.3, -0.25) is 4.79 Å². The van der Waals surface area contributed by atoms with Crippen LogP contribution in [0.1, 0.15) is 21.5 Å². The number of ether oxygens (including phenoxy) is 3. The molecule has 1 heterocycles. The van der Waals surface area contributed by atoms with Gasteiger partial charge in [-0.1, -0.05) is 12.1 Å². The van der Waals surface area contributed by atoms with Gasteiger partial charge in [-0.15, -0.1) is 0 Å². The second-order valence-corrected chi connectivity index (χ2v) is 5.39. The highest BCUT2D eigenvalue weighted by Gasteiger charge is 2.20. The van der Waals surface area contributed by atoms with Crippen molar-refractivity contribution in [3.05, 3.63) is 53.3 Å². The number of carbonyl (C=O) groups excluding carboxylic acids is 1. The van der Waals surface area contributed by atoms with Gasteiger partial charge in [0.25, 0.3) is 0 Å². The number of fused-ring (bicyclic) bond motifs is 1. The molecule has 5 heteroatoms. The van der Waals surface area contributed by atoms with Gasteiger partial charge in [0.15, 0.2) is 17.3 Å². The molecule has 0 unspecified atom stereocenters. The molecule has 0 N–H and O–H groups in total. The molecule has 3 aromatic rings. The number of ketones is 1. The average Bonchev–Trinajstić information content (AvgIpc) is 3.02. The summed E-state index contributed by atoms with van der Waals surface area (Å²) < 4.78 is 21.4. The van der Waals surface area contributed by atoms with Crippen molar-refractivity contribution in [2.45, 2.75) is 6.92 Å². The molecule has 0 saturated heterocycles. The van der Waals surface area contributed by atoms with Crippen molar-refractivity contribution >= 4 is 16.8 Å². The van der Waals surface area contributed by atoms with Crippen LogP contribution in [0.2, 0.25) is 0 Å². The van der Waals surface area contributed by atoms with E-state index in [1.807, 2.05) is 25.1 Å². The first-order chi connectivity index (χ1) is 11.6. The maximum absolute atomic E-state index is 12.9. The molecule has 1 aromatic heterocycles. The molecule has 0 spiro atoms. The van der Waals surface area contributed by atoms with Gasteiger partial charge in [0, 0.05) is 10.9 Å². The van der Waals surface area contributed by atoms with Crippen LogP contribution in [0.3, 0.4) is 0 Å². The van der Waals surface area contributed by atoms with Gasteiger partial charge in [-0.05, 0) is 30.7 Å². The topological polar surface area (TPSA) is 57.9 Å². The Bertz CT molecular complexity index is 882. The molecule has 0 saturated carbocycles. The van der Waals surface area contributed by atoms with Crippen molar-refractivity contribution in [3.8, 4) is 17.2 Å². The van der Waals surface area contributed by atoms with E-state index in [0.717, 1.165) is 10.9 Å².